The number of nitrogens with zero attached hydrogens (tertiary/aromatic N) is 1. The highest BCUT2D eigenvalue weighted by Gasteiger charge is 2.38. The van der Waals surface area contributed by atoms with Gasteiger partial charge in [0.1, 0.15) is 11.8 Å². The van der Waals surface area contributed by atoms with E-state index in [1.165, 1.54) is 7.11 Å². The minimum absolute atomic E-state index is 0.131. The molecule has 0 bridgehead atoms. The van der Waals surface area contributed by atoms with Crippen LogP contribution in [0, 0.1) is 0 Å². The van der Waals surface area contributed by atoms with Crippen molar-refractivity contribution in [1.29, 1.82) is 0 Å². The van der Waals surface area contributed by atoms with Crippen molar-refractivity contribution in [2.75, 3.05) is 12.0 Å². The lowest BCUT2D eigenvalue weighted by Gasteiger charge is -2.18. The van der Waals surface area contributed by atoms with E-state index in [9.17, 15) is 14.4 Å². The van der Waals surface area contributed by atoms with Gasteiger partial charge in [0.15, 0.2) is 0 Å². The van der Waals surface area contributed by atoms with E-state index < -0.39 is 17.9 Å². The van der Waals surface area contributed by atoms with Gasteiger partial charge >= 0.3 is 11.8 Å². The van der Waals surface area contributed by atoms with Crippen LogP contribution in [0.15, 0.2) is 78.9 Å². The second-order valence-electron chi connectivity index (χ2n) is 7.37. The van der Waals surface area contributed by atoms with Crippen molar-refractivity contribution in [2.45, 2.75) is 19.1 Å². The zero-order chi connectivity index (χ0) is 22.5. The highest BCUT2D eigenvalue weighted by Crippen LogP contribution is 2.36. The standard InChI is InChI=1S/C25H23N3O4/c1-32-21-14-8-5-11-18(21)15-26-23(29)24(30)27-22-19-12-6-7-13-20(19)28(25(22)31)16-17-9-3-2-4-10-17/h2-14,22H,15-16H2,1H3,(H,26,29)(H,27,30)/t22-/m1/s1. The van der Waals surface area contributed by atoms with E-state index in [0.29, 0.717) is 17.9 Å². The molecule has 32 heavy (non-hydrogen) atoms. The van der Waals surface area contributed by atoms with Crippen molar-refractivity contribution < 1.29 is 19.1 Å². The maximum absolute atomic E-state index is 13.2. The maximum Gasteiger partial charge on any atom is 0.310 e. The number of hydrogen-bond donors (Lipinski definition) is 2. The van der Waals surface area contributed by atoms with Crippen LogP contribution >= 0.6 is 0 Å². The molecule has 3 aromatic carbocycles. The summed E-state index contributed by atoms with van der Waals surface area (Å²) >= 11 is 0. The molecule has 0 aromatic heterocycles. The van der Waals surface area contributed by atoms with Gasteiger partial charge in [-0.2, -0.15) is 0 Å². The number of rotatable bonds is 6. The van der Waals surface area contributed by atoms with Gasteiger partial charge in [0.25, 0.3) is 5.91 Å². The van der Waals surface area contributed by atoms with Crippen LogP contribution in [0.5, 0.6) is 5.75 Å². The van der Waals surface area contributed by atoms with Crippen molar-refractivity contribution >= 4 is 23.4 Å². The minimum Gasteiger partial charge on any atom is -0.496 e. The summed E-state index contributed by atoms with van der Waals surface area (Å²) in [6, 6.07) is 23.2. The largest absolute Gasteiger partial charge is 0.496 e. The second kappa shape index (κ2) is 9.34. The number of para-hydroxylation sites is 2. The van der Waals surface area contributed by atoms with E-state index in [-0.39, 0.29) is 12.5 Å². The van der Waals surface area contributed by atoms with Gasteiger partial charge in [-0.05, 0) is 17.7 Å². The molecule has 0 fully saturated rings. The molecule has 4 rings (SSSR count). The number of hydrogen-bond acceptors (Lipinski definition) is 4. The zero-order valence-electron chi connectivity index (χ0n) is 17.6. The molecule has 162 valence electrons. The fourth-order valence-electron chi connectivity index (χ4n) is 3.76. The van der Waals surface area contributed by atoms with Crippen LogP contribution in [0.4, 0.5) is 5.69 Å². The van der Waals surface area contributed by atoms with Gasteiger partial charge in [0, 0.05) is 23.4 Å². The van der Waals surface area contributed by atoms with Crippen LogP contribution in [0.1, 0.15) is 22.7 Å². The van der Waals surface area contributed by atoms with E-state index in [1.54, 1.807) is 29.2 Å². The molecule has 1 aliphatic heterocycles. The molecule has 3 aromatic rings. The summed E-state index contributed by atoms with van der Waals surface area (Å²) in [6.07, 6.45) is 0. The van der Waals surface area contributed by atoms with E-state index in [1.807, 2.05) is 54.6 Å². The molecule has 1 heterocycles. The van der Waals surface area contributed by atoms with Gasteiger partial charge < -0.3 is 20.3 Å². The van der Waals surface area contributed by atoms with Gasteiger partial charge in [-0.25, -0.2) is 0 Å². The van der Waals surface area contributed by atoms with Crippen LogP contribution in [-0.2, 0) is 27.5 Å². The van der Waals surface area contributed by atoms with Crippen molar-refractivity contribution in [1.82, 2.24) is 10.6 Å². The van der Waals surface area contributed by atoms with Crippen LogP contribution in [-0.4, -0.2) is 24.8 Å². The summed E-state index contributed by atoms with van der Waals surface area (Å²) < 4.78 is 5.26. The summed E-state index contributed by atoms with van der Waals surface area (Å²) in [5.41, 5.74) is 3.10. The van der Waals surface area contributed by atoms with Crippen LogP contribution in [0.3, 0.4) is 0 Å². The predicted molar refractivity (Wildman–Crippen MR) is 120 cm³/mol. The van der Waals surface area contributed by atoms with Gasteiger partial charge in [0.05, 0.1) is 13.7 Å². The van der Waals surface area contributed by atoms with Crippen LogP contribution < -0.4 is 20.3 Å². The lowest BCUT2D eigenvalue weighted by atomic mass is 10.1. The number of carbonyl (C=O) groups excluding carboxylic acids is 3. The van der Waals surface area contributed by atoms with Crippen molar-refractivity contribution in [3.8, 4) is 5.75 Å². The molecular weight excluding hydrogens is 406 g/mol. The van der Waals surface area contributed by atoms with E-state index in [0.717, 1.165) is 16.8 Å². The number of ether oxygens (including phenoxy) is 1. The van der Waals surface area contributed by atoms with Gasteiger partial charge in [0.2, 0.25) is 0 Å². The Kier molecular flexibility index (Phi) is 6.17. The molecule has 2 N–H and O–H groups in total. The average molecular weight is 429 g/mol. The van der Waals surface area contributed by atoms with Crippen molar-refractivity contribution in [3.63, 3.8) is 0 Å². The Balaban J connectivity index is 1.45. The van der Waals surface area contributed by atoms with E-state index in [4.69, 9.17) is 4.74 Å². The molecule has 0 unspecified atom stereocenters. The summed E-state index contributed by atoms with van der Waals surface area (Å²) in [5.74, 6) is -1.34. The van der Waals surface area contributed by atoms with E-state index in [2.05, 4.69) is 10.6 Å². The summed E-state index contributed by atoms with van der Waals surface area (Å²) in [6.45, 7) is 0.509. The molecular formula is C25H23N3O4. The number of methoxy groups -OCH3 is 1. The molecule has 0 aliphatic carbocycles. The summed E-state index contributed by atoms with van der Waals surface area (Å²) in [5, 5.41) is 5.17. The van der Waals surface area contributed by atoms with Gasteiger partial charge in [-0.1, -0.05) is 66.7 Å². The fraction of sp³-hybridized carbons (Fsp3) is 0.160. The first kappa shape index (κ1) is 21.1. The third-order valence-electron chi connectivity index (χ3n) is 5.35. The van der Waals surface area contributed by atoms with Gasteiger partial charge in [-0.15, -0.1) is 0 Å². The number of nitrogens with one attached hydrogen (secondary N) is 2. The first-order valence-corrected chi connectivity index (χ1v) is 10.2. The average Bonchev–Trinajstić information content (AvgIpc) is 3.09. The molecule has 0 saturated heterocycles. The number of benzene rings is 3. The highest BCUT2D eigenvalue weighted by atomic mass is 16.5. The zero-order valence-corrected chi connectivity index (χ0v) is 17.6. The maximum atomic E-state index is 13.2. The Bertz CT molecular complexity index is 1150. The molecule has 0 saturated carbocycles. The lowest BCUT2D eigenvalue weighted by molar-refractivity contribution is -0.140. The number of anilines is 1. The molecule has 0 radical (unpaired) electrons. The first-order chi connectivity index (χ1) is 15.6. The predicted octanol–water partition coefficient (Wildman–Crippen LogP) is 2.72. The molecule has 0 spiro atoms. The lowest BCUT2D eigenvalue weighted by Crippen LogP contribution is -2.44. The van der Waals surface area contributed by atoms with Crippen LogP contribution in [0.25, 0.3) is 0 Å². The molecule has 7 nitrogen and oxygen atoms in total. The quantitative estimate of drug-likeness (QED) is 0.590. The van der Waals surface area contributed by atoms with E-state index >= 15 is 0 Å². The third kappa shape index (κ3) is 4.32. The Morgan fingerprint density at radius 3 is 2.38 bits per heavy atom. The Morgan fingerprint density at radius 1 is 0.906 bits per heavy atom. The molecule has 3 amide bonds. The number of fused-ring (bicyclic) bond motifs is 1. The number of amides is 3. The third-order valence-corrected chi connectivity index (χ3v) is 5.35. The van der Waals surface area contributed by atoms with Crippen molar-refractivity contribution in [3.05, 3.63) is 95.6 Å². The van der Waals surface area contributed by atoms with Crippen molar-refractivity contribution in [2.24, 2.45) is 0 Å². The molecule has 1 atom stereocenters. The summed E-state index contributed by atoms with van der Waals surface area (Å²) in [7, 11) is 1.54. The smallest absolute Gasteiger partial charge is 0.310 e. The normalized spacial score (nSPS) is 14.6. The first-order valence-electron chi connectivity index (χ1n) is 10.2. The molecule has 7 heteroatoms. The van der Waals surface area contributed by atoms with Gasteiger partial charge in [-0.3, -0.25) is 14.4 Å². The van der Waals surface area contributed by atoms with Crippen LogP contribution in [0.2, 0.25) is 0 Å². The fourth-order valence-corrected chi connectivity index (χ4v) is 3.76. The SMILES string of the molecule is COc1ccccc1CNC(=O)C(=O)N[C@H]1C(=O)N(Cc2ccccc2)c2ccccc21. The monoisotopic (exact) mass is 429 g/mol. The Labute approximate surface area is 186 Å². The minimum atomic E-state index is -0.917. The summed E-state index contributed by atoms with van der Waals surface area (Å²) in [4.78, 5) is 39.8. The Morgan fingerprint density at radius 2 is 1.59 bits per heavy atom. The molecule has 1 aliphatic rings. The number of carbonyl (C=O) groups is 3. The Hall–Kier alpha value is -4.13. The second-order valence-corrected chi connectivity index (χ2v) is 7.37. The topological polar surface area (TPSA) is 87.7 Å². The highest BCUT2D eigenvalue weighted by molar-refractivity contribution is 6.35.